The van der Waals surface area contributed by atoms with Crippen molar-refractivity contribution in [2.45, 2.75) is 65.0 Å². The van der Waals surface area contributed by atoms with Crippen molar-refractivity contribution in [2.24, 2.45) is 16.7 Å². The summed E-state index contributed by atoms with van der Waals surface area (Å²) in [4.78, 5) is 31.5. The van der Waals surface area contributed by atoms with Crippen LogP contribution in [0.4, 0.5) is 5.13 Å². The quantitative estimate of drug-likeness (QED) is 0.510. The van der Waals surface area contributed by atoms with E-state index < -0.39 is 11.5 Å². The van der Waals surface area contributed by atoms with Crippen LogP contribution in [0.25, 0.3) is 0 Å². The van der Waals surface area contributed by atoms with Crippen LogP contribution in [0.5, 0.6) is 0 Å². The molecule has 2 aromatic rings. The van der Waals surface area contributed by atoms with Crippen LogP contribution < -0.4 is 10.6 Å². The number of nitrogens with zero attached hydrogens (tertiary/aromatic N) is 1. The molecule has 0 aromatic carbocycles. The molecule has 2 aromatic heterocycles. The number of aromatic nitrogens is 1. The molecule has 32 heavy (non-hydrogen) atoms. The third-order valence-electron chi connectivity index (χ3n) is 7.61. The van der Waals surface area contributed by atoms with Crippen LogP contribution in [-0.2, 0) is 22.6 Å². The first-order valence-electron chi connectivity index (χ1n) is 11.0. The number of thiazole rings is 1. The van der Waals surface area contributed by atoms with Crippen LogP contribution >= 0.6 is 22.7 Å². The first-order valence-corrected chi connectivity index (χ1v) is 12.7. The molecule has 5 unspecified atom stereocenters. The molecule has 2 aliphatic rings. The number of hydrogen-bond donors (Lipinski definition) is 4. The van der Waals surface area contributed by atoms with E-state index in [2.05, 4.69) is 17.6 Å². The highest BCUT2D eigenvalue weighted by Crippen LogP contribution is 2.62. The molecule has 0 spiro atoms. The minimum absolute atomic E-state index is 0.00280. The number of fused-ring (bicyclic) bond motifs is 2. The summed E-state index contributed by atoms with van der Waals surface area (Å²) in [7, 11) is 0. The number of hydrogen-bond acceptors (Lipinski definition) is 7. The van der Waals surface area contributed by atoms with Crippen molar-refractivity contribution in [3.8, 4) is 0 Å². The maximum Gasteiger partial charge on any atom is 0.223 e. The molecule has 0 aliphatic heterocycles. The summed E-state index contributed by atoms with van der Waals surface area (Å²) in [5, 5.41) is 29.5. The Morgan fingerprint density at radius 1 is 1.34 bits per heavy atom. The number of aliphatic hydroxyl groups excluding tert-OH is 2. The van der Waals surface area contributed by atoms with Crippen LogP contribution in [0.2, 0.25) is 0 Å². The van der Waals surface area contributed by atoms with Crippen molar-refractivity contribution >= 4 is 39.6 Å². The average molecular weight is 478 g/mol. The maximum absolute atomic E-state index is 13.0. The van der Waals surface area contributed by atoms with Gasteiger partial charge in [-0.3, -0.25) is 9.59 Å². The summed E-state index contributed by atoms with van der Waals surface area (Å²) in [6.07, 6.45) is 1.69. The molecule has 1 saturated carbocycles. The second-order valence-corrected chi connectivity index (χ2v) is 11.7. The Morgan fingerprint density at radius 2 is 2.12 bits per heavy atom. The molecule has 0 radical (unpaired) electrons. The number of rotatable bonds is 6. The first-order chi connectivity index (χ1) is 15.2. The van der Waals surface area contributed by atoms with E-state index in [4.69, 9.17) is 4.98 Å². The van der Waals surface area contributed by atoms with Crippen molar-refractivity contribution in [2.75, 3.05) is 11.9 Å². The maximum atomic E-state index is 13.0. The molecule has 174 valence electrons. The smallest absolute Gasteiger partial charge is 0.223 e. The summed E-state index contributed by atoms with van der Waals surface area (Å²) in [6.45, 7) is 5.97. The van der Waals surface area contributed by atoms with E-state index in [1.807, 2.05) is 24.4 Å². The van der Waals surface area contributed by atoms with Gasteiger partial charge in [-0.15, -0.1) is 22.7 Å². The number of nitrogens with one attached hydrogen (secondary N) is 2. The average Bonchev–Trinajstić information content (AvgIpc) is 3.40. The topological polar surface area (TPSA) is 112 Å². The van der Waals surface area contributed by atoms with Crippen LogP contribution in [0.15, 0.2) is 17.5 Å². The standard InChI is InChI=1S/C23H31N3O4S2/c1-13(28)25-21-26-20-15(9-19(30)24-11-14-5-4-8-31-14)22(2)7-6-18(29)23(3,12-27)17(22)10-16(20)32-21/h4-5,8,15,17-18,27,29H,6-7,9-12H2,1-3H3,(H,24,30)(H,25,26,28). The van der Waals surface area contributed by atoms with Gasteiger partial charge in [0.1, 0.15) is 0 Å². The largest absolute Gasteiger partial charge is 0.396 e. The summed E-state index contributed by atoms with van der Waals surface area (Å²) < 4.78 is 0. The van der Waals surface area contributed by atoms with Gasteiger partial charge in [-0.1, -0.05) is 19.9 Å². The van der Waals surface area contributed by atoms with E-state index in [1.54, 1.807) is 11.3 Å². The highest BCUT2D eigenvalue weighted by molar-refractivity contribution is 7.15. The Balaban J connectivity index is 1.67. The molecule has 2 heterocycles. The SMILES string of the molecule is CC(=O)Nc1nc2c(s1)CC1C(C)(CO)C(O)CCC1(C)C2CC(=O)NCc1cccs1. The Labute approximate surface area is 196 Å². The third-order valence-corrected chi connectivity index (χ3v) is 9.49. The Morgan fingerprint density at radius 3 is 2.78 bits per heavy atom. The fourth-order valence-electron chi connectivity index (χ4n) is 5.71. The summed E-state index contributed by atoms with van der Waals surface area (Å²) in [5.41, 5.74) is -0.0828. The van der Waals surface area contributed by atoms with Crippen LogP contribution in [0.1, 0.15) is 61.4 Å². The number of aliphatic hydroxyl groups is 2. The second kappa shape index (κ2) is 8.85. The van der Waals surface area contributed by atoms with Gasteiger partial charge in [-0.25, -0.2) is 4.98 Å². The highest BCUT2D eigenvalue weighted by atomic mass is 32.1. The number of anilines is 1. The van der Waals surface area contributed by atoms with E-state index in [9.17, 15) is 19.8 Å². The first kappa shape index (κ1) is 23.4. The van der Waals surface area contributed by atoms with Crippen LogP contribution in [-0.4, -0.2) is 39.7 Å². The summed E-state index contributed by atoms with van der Waals surface area (Å²) in [6, 6.07) is 3.96. The van der Waals surface area contributed by atoms with Gasteiger partial charge in [0.05, 0.1) is 24.9 Å². The van der Waals surface area contributed by atoms with E-state index in [-0.39, 0.29) is 42.1 Å². The van der Waals surface area contributed by atoms with Crippen molar-refractivity contribution in [1.29, 1.82) is 0 Å². The number of thiophene rings is 1. The molecule has 1 fully saturated rings. The predicted octanol–water partition coefficient (Wildman–Crippen LogP) is 3.29. The van der Waals surface area contributed by atoms with Crippen molar-refractivity contribution in [3.63, 3.8) is 0 Å². The van der Waals surface area contributed by atoms with Gasteiger partial charge in [-0.05, 0) is 42.0 Å². The molecular weight excluding hydrogens is 446 g/mol. The van der Waals surface area contributed by atoms with Gasteiger partial charge in [0.2, 0.25) is 11.8 Å². The van der Waals surface area contributed by atoms with Gasteiger partial charge in [-0.2, -0.15) is 0 Å². The van der Waals surface area contributed by atoms with Crippen molar-refractivity contribution in [3.05, 3.63) is 33.0 Å². The summed E-state index contributed by atoms with van der Waals surface area (Å²) in [5.74, 6) is -0.378. The molecule has 4 N–H and O–H groups in total. The zero-order chi connectivity index (χ0) is 23.1. The van der Waals surface area contributed by atoms with E-state index in [0.29, 0.717) is 24.5 Å². The monoisotopic (exact) mass is 477 g/mol. The minimum atomic E-state index is -0.658. The number of carbonyl (C=O) groups excluding carboxylic acids is 2. The molecule has 5 atom stereocenters. The lowest BCUT2D eigenvalue weighted by Gasteiger charge is -2.58. The Hall–Kier alpha value is -1.81. The fraction of sp³-hybridized carbons (Fsp3) is 0.609. The van der Waals surface area contributed by atoms with Gasteiger partial charge in [0.15, 0.2) is 5.13 Å². The fourth-order valence-corrected chi connectivity index (χ4v) is 7.47. The highest BCUT2D eigenvalue weighted by Gasteiger charge is 2.59. The summed E-state index contributed by atoms with van der Waals surface area (Å²) >= 11 is 3.04. The van der Waals surface area contributed by atoms with Crippen LogP contribution in [0.3, 0.4) is 0 Å². The lowest BCUT2D eigenvalue weighted by atomic mass is 9.47. The predicted molar refractivity (Wildman–Crippen MR) is 126 cm³/mol. The number of amides is 2. The van der Waals surface area contributed by atoms with E-state index in [1.165, 1.54) is 18.3 Å². The lowest BCUT2D eigenvalue weighted by Crippen LogP contribution is -2.57. The Bertz CT molecular complexity index is 992. The van der Waals surface area contributed by atoms with E-state index >= 15 is 0 Å². The van der Waals surface area contributed by atoms with Gasteiger partial charge < -0.3 is 20.8 Å². The van der Waals surface area contributed by atoms with Gasteiger partial charge in [0, 0.05) is 34.4 Å². The molecule has 4 rings (SSSR count). The lowest BCUT2D eigenvalue weighted by molar-refractivity contribution is -0.144. The van der Waals surface area contributed by atoms with Gasteiger partial charge in [0.25, 0.3) is 0 Å². The van der Waals surface area contributed by atoms with Gasteiger partial charge >= 0.3 is 0 Å². The molecule has 0 saturated heterocycles. The van der Waals surface area contributed by atoms with Crippen LogP contribution in [0, 0.1) is 16.7 Å². The second-order valence-electron chi connectivity index (χ2n) is 9.60. The number of carbonyl (C=O) groups is 2. The molecule has 0 bridgehead atoms. The molecule has 7 nitrogen and oxygen atoms in total. The van der Waals surface area contributed by atoms with Crippen molar-refractivity contribution in [1.82, 2.24) is 10.3 Å². The minimum Gasteiger partial charge on any atom is -0.396 e. The normalized spacial score (nSPS) is 31.5. The van der Waals surface area contributed by atoms with Crippen molar-refractivity contribution < 1.29 is 19.8 Å². The zero-order valence-electron chi connectivity index (χ0n) is 18.7. The Kier molecular flexibility index (Phi) is 6.46. The molecule has 9 heteroatoms. The third kappa shape index (κ3) is 4.11. The molecule has 2 aliphatic carbocycles. The molecule has 2 amide bonds. The van der Waals surface area contributed by atoms with E-state index in [0.717, 1.165) is 21.9 Å². The molecular formula is C23H31N3O4S2. The zero-order valence-corrected chi connectivity index (χ0v) is 20.3.